The molecule has 25 heavy (non-hydrogen) atoms. The van der Waals surface area contributed by atoms with Crippen molar-refractivity contribution in [3.8, 4) is 17.6 Å². The Morgan fingerprint density at radius 1 is 1.20 bits per heavy atom. The molecular formula is C18H16Cl2N2O3. The van der Waals surface area contributed by atoms with Crippen LogP contribution in [0.25, 0.3) is 0 Å². The highest BCUT2D eigenvalue weighted by atomic mass is 35.5. The number of methoxy groups -OCH3 is 1. The zero-order valence-corrected chi connectivity index (χ0v) is 15.0. The molecule has 0 unspecified atom stereocenters. The summed E-state index contributed by atoms with van der Waals surface area (Å²) in [6.45, 7) is 0.0296. The van der Waals surface area contributed by atoms with Gasteiger partial charge in [0.1, 0.15) is 11.5 Å². The molecule has 0 saturated heterocycles. The van der Waals surface area contributed by atoms with E-state index in [0.29, 0.717) is 27.2 Å². The van der Waals surface area contributed by atoms with Crippen LogP contribution < -0.4 is 14.4 Å². The minimum absolute atomic E-state index is 0.191. The molecule has 5 nitrogen and oxygen atoms in total. The SMILES string of the molecule is COc1ccccc1N(CCC#N)C(=O)COc1ccc(Cl)c(Cl)c1. The number of hydrogen-bond acceptors (Lipinski definition) is 4. The molecule has 0 bridgehead atoms. The van der Waals surface area contributed by atoms with Gasteiger partial charge in [-0.2, -0.15) is 5.26 Å². The Kier molecular flexibility index (Phi) is 6.93. The van der Waals surface area contributed by atoms with Crippen LogP contribution in [0, 0.1) is 11.3 Å². The molecule has 0 heterocycles. The maximum Gasteiger partial charge on any atom is 0.265 e. The number of carbonyl (C=O) groups is 1. The number of benzene rings is 2. The van der Waals surface area contributed by atoms with Gasteiger partial charge in [-0.05, 0) is 24.3 Å². The molecule has 0 N–H and O–H groups in total. The van der Waals surface area contributed by atoms with E-state index in [0.717, 1.165) is 0 Å². The predicted molar refractivity (Wildman–Crippen MR) is 97.5 cm³/mol. The van der Waals surface area contributed by atoms with Crippen LogP contribution in [0.5, 0.6) is 11.5 Å². The van der Waals surface area contributed by atoms with Gasteiger partial charge in [-0.25, -0.2) is 0 Å². The molecule has 0 aromatic heterocycles. The Morgan fingerprint density at radius 3 is 2.64 bits per heavy atom. The lowest BCUT2D eigenvalue weighted by Gasteiger charge is -2.23. The molecular weight excluding hydrogens is 363 g/mol. The summed E-state index contributed by atoms with van der Waals surface area (Å²) in [6.07, 6.45) is 0.191. The molecule has 130 valence electrons. The first kappa shape index (κ1) is 18.9. The molecule has 0 aliphatic rings. The fraction of sp³-hybridized carbons (Fsp3) is 0.222. The summed E-state index contributed by atoms with van der Waals surface area (Å²) in [6, 6.07) is 13.9. The average molecular weight is 379 g/mol. The van der Waals surface area contributed by atoms with Crippen LogP contribution in [0.4, 0.5) is 5.69 Å². The highest BCUT2D eigenvalue weighted by molar-refractivity contribution is 6.42. The van der Waals surface area contributed by atoms with Crippen LogP contribution in [0.1, 0.15) is 6.42 Å². The third-order valence-corrected chi connectivity index (χ3v) is 4.12. The van der Waals surface area contributed by atoms with Crippen LogP contribution in [0.3, 0.4) is 0 Å². The number of anilines is 1. The lowest BCUT2D eigenvalue weighted by atomic mass is 10.2. The molecule has 7 heteroatoms. The molecule has 0 fully saturated rings. The van der Waals surface area contributed by atoms with Gasteiger partial charge < -0.3 is 14.4 Å². The monoisotopic (exact) mass is 378 g/mol. The number of hydrogen-bond donors (Lipinski definition) is 0. The van der Waals surface area contributed by atoms with Crippen molar-refractivity contribution >= 4 is 34.8 Å². The van der Waals surface area contributed by atoms with E-state index in [1.54, 1.807) is 36.4 Å². The first-order valence-electron chi connectivity index (χ1n) is 7.45. The van der Waals surface area contributed by atoms with Crippen molar-refractivity contribution in [2.45, 2.75) is 6.42 Å². The molecule has 0 aliphatic carbocycles. The Morgan fingerprint density at radius 2 is 1.96 bits per heavy atom. The quantitative estimate of drug-likeness (QED) is 0.719. The topological polar surface area (TPSA) is 62.6 Å². The molecule has 1 amide bonds. The molecule has 0 atom stereocenters. The second-order valence-electron chi connectivity index (χ2n) is 4.99. The Hall–Kier alpha value is -2.42. The van der Waals surface area contributed by atoms with E-state index < -0.39 is 0 Å². The zero-order chi connectivity index (χ0) is 18.2. The summed E-state index contributed by atoms with van der Waals surface area (Å²) in [7, 11) is 1.53. The fourth-order valence-corrected chi connectivity index (χ4v) is 2.47. The van der Waals surface area contributed by atoms with E-state index in [4.69, 9.17) is 37.9 Å². The Bertz CT molecular complexity index is 790. The van der Waals surface area contributed by atoms with Crippen molar-refractivity contribution in [3.63, 3.8) is 0 Å². The smallest absolute Gasteiger partial charge is 0.265 e. The van der Waals surface area contributed by atoms with E-state index >= 15 is 0 Å². The number of nitriles is 1. The molecule has 0 aliphatic heterocycles. The van der Waals surface area contributed by atoms with Crippen molar-refractivity contribution < 1.29 is 14.3 Å². The zero-order valence-electron chi connectivity index (χ0n) is 13.5. The summed E-state index contributed by atoms with van der Waals surface area (Å²) < 4.78 is 10.8. The van der Waals surface area contributed by atoms with Crippen molar-refractivity contribution in [1.82, 2.24) is 0 Å². The summed E-state index contributed by atoms with van der Waals surface area (Å²) in [5, 5.41) is 9.61. The number of rotatable bonds is 7. The van der Waals surface area contributed by atoms with Crippen LogP contribution in [0.15, 0.2) is 42.5 Å². The average Bonchev–Trinajstić information content (AvgIpc) is 2.63. The minimum atomic E-state index is -0.300. The minimum Gasteiger partial charge on any atom is -0.495 e. The lowest BCUT2D eigenvalue weighted by Crippen LogP contribution is -2.36. The van der Waals surface area contributed by atoms with Crippen LogP contribution >= 0.6 is 23.2 Å². The molecule has 2 aromatic carbocycles. The van der Waals surface area contributed by atoms with Crippen molar-refractivity contribution in [2.75, 3.05) is 25.2 Å². The van der Waals surface area contributed by atoms with Gasteiger partial charge in [-0.15, -0.1) is 0 Å². The normalized spacial score (nSPS) is 10.0. The summed E-state index contributed by atoms with van der Waals surface area (Å²) in [5.41, 5.74) is 0.586. The van der Waals surface area contributed by atoms with Gasteiger partial charge in [-0.3, -0.25) is 4.79 Å². The molecule has 0 radical (unpaired) electrons. The van der Waals surface area contributed by atoms with Gasteiger partial charge in [0.15, 0.2) is 6.61 Å². The number of carbonyl (C=O) groups excluding carboxylic acids is 1. The Labute approximate surface area is 156 Å². The highest BCUT2D eigenvalue weighted by Crippen LogP contribution is 2.29. The maximum atomic E-state index is 12.6. The number of para-hydroxylation sites is 2. The predicted octanol–water partition coefficient (Wildman–Crippen LogP) is 4.33. The van der Waals surface area contributed by atoms with Gasteiger partial charge in [0.25, 0.3) is 5.91 Å². The van der Waals surface area contributed by atoms with Crippen molar-refractivity contribution in [1.29, 1.82) is 5.26 Å². The van der Waals surface area contributed by atoms with Gasteiger partial charge in [-0.1, -0.05) is 35.3 Å². The van der Waals surface area contributed by atoms with Gasteiger partial charge in [0.2, 0.25) is 0 Å². The van der Waals surface area contributed by atoms with E-state index in [1.165, 1.54) is 12.0 Å². The van der Waals surface area contributed by atoms with Gasteiger partial charge in [0, 0.05) is 12.6 Å². The van der Waals surface area contributed by atoms with Gasteiger partial charge in [0.05, 0.1) is 35.3 Å². The number of halogens is 2. The standard InChI is InChI=1S/C18H16Cl2N2O3/c1-24-17-6-3-2-5-16(17)22(10-4-9-21)18(23)12-25-13-7-8-14(19)15(20)11-13/h2-3,5-8,11H,4,10,12H2,1H3. The van der Waals surface area contributed by atoms with E-state index in [9.17, 15) is 4.79 Å². The first-order chi connectivity index (χ1) is 12.1. The molecule has 2 aromatic rings. The van der Waals surface area contributed by atoms with Crippen LogP contribution in [-0.4, -0.2) is 26.2 Å². The van der Waals surface area contributed by atoms with Crippen molar-refractivity contribution in [2.24, 2.45) is 0 Å². The second-order valence-corrected chi connectivity index (χ2v) is 5.80. The van der Waals surface area contributed by atoms with Crippen LogP contribution in [-0.2, 0) is 4.79 Å². The Balaban J connectivity index is 2.15. The third-order valence-electron chi connectivity index (χ3n) is 3.38. The lowest BCUT2D eigenvalue weighted by molar-refractivity contribution is -0.120. The first-order valence-corrected chi connectivity index (χ1v) is 8.20. The second kappa shape index (κ2) is 9.16. The third kappa shape index (κ3) is 5.02. The van der Waals surface area contributed by atoms with E-state index in [-0.39, 0.29) is 25.5 Å². The van der Waals surface area contributed by atoms with Crippen molar-refractivity contribution in [3.05, 3.63) is 52.5 Å². The summed E-state index contributed by atoms with van der Waals surface area (Å²) >= 11 is 11.8. The molecule has 0 spiro atoms. The largest absolute Gasteiger partial charge is 0.495 e. The maximum absolute atomic E-state index is 12.6. The fourth-order valence-electron chi connectivity index (χ4n) is 2.18. The van der Waals surface area contributed by atoms with Gasteiger partial charge >= 0.3 is 0 Å². The summed E-state index contributed by atoms with van der Waals surface area (Å²) in [5.74, 6) is 0.678. The number of nitrogens with zero attached hydrogens (tertiary/aromatic N) is 2. The molecule has 2 rings (SSSR count). The summed E-state index contributed by atoms with van der Waals surface area (Å²) in [4.78, 5) is 14.1. The van der Waals surface area contributed by atoms with E-state index in [2.05, 4.69) is 0 Å². The van der Waals surface area contributed by atoms with Crippen LogP contribution in [0.2, 0.25) is 10.0 Å². The number of ether oxygens (including phenoxy) is 2. The van der Waals surface area contributed by atoms with E-state index in [1.807, 2.05) is 12.1 Å². The molecule has 0 saturated carbocycles. The highest BCUT2D eigenvalue weighted by Gasteiger charge is 2.19. The number of amides is 1.